The summed E-state index contributed by atoms with van der Waals surface area (Å²) in [5.74, 6) is 1.12. The Morgan fingerprint density at radius 1 is 1.12 bits per heavy atom. The van der Waals surface area contributed by atoms with Gasteiger partial charge in [0.2, 0.25) is 0 Å². The summed E-state index contributed by atoms with van der Waals surface area (Å²) in [6.45, 7) is 2.81. The van der Waals surface area contributed by atoms with Crippen molar-refractivity contribution >= 4 is 16.9 Å². The highest BCUT2D eigenvalue weighted by Gasteiger charge is 2.20. The zero-order valence-electron chi connectivity index (χ0n) is 15.0. The van der Waals surface area contributed by atoms with Gasteiger partial charge in [-0.25, -0.2) is 4.79 Å². The minimum Gasteiger partial charge on any atom is -0.508 e. The molecule has 0 atom stereocenters. The number of methoxy groups -OCH3 is 2. The van der Waals surface area contributed by atoms with Crippen LogP contribution in [0.15, 0.2) is 42.5 Å². The molecule has 3 rings (SSSR count). The van der Waals surface area contributed by atoms with Crippen molar-refractivity contribution in [3.63, 3.8) is 0 Å². The van der Waals surface area contributed by atoms with E-state index in [4.69, 9.17) is 14.2 Å². The van der Waals surface area contributed by atoms with Crippen LogP contribution in [-0.4, -0.2) is 36.5 Å². The molecule has 0 aliphatic heterocycles. The number of phenols is 1. The fraction of sp³-hybridized carbons (Fsp3) is 0.250. The van der Waals surface area contributed by atoms with Gasteiger partial charge >= 0.3 is 5.97 Å². The maximum Gasteiger partial charge on any atom is 0.340 e. The van der Waals surface area contributed by atoms with Crippen molar-refractivity contribution in [3.05, 3.63) is 53.7 Å². The first-order valence-corrected chi connectivity index (χ1v) is 8.22. The molecule has 0 unspecified atom stereocenters. The Hall–Kier alpha value is -3.15. The summed E-state index contributed by atoms with van der Waals surface area (Å²) < 4.78 is 17.9. The van der Waals surface area contributed by atoms with E-state index in [9.17, 15) is 9.90 Å². The van der Waals surface area contributed by atoms with Crippen LogP contribution in [0.4, 0.5) is 0 Å². The molecule has 0 bridgehead atoms. The highest BCUT2D eigenvalue weighted by molar-refractivity contribution is 6.06. The maximum atomic E-state index is 12.2. The third kappa shape index (κ3) is 3.31. The zero-order valence-corrected chi connectivity index (χ0v) is 15.0. The molecule has 2 aromatic carbocycles. The smallest absolute Gasteiger partial charge is 0.340 e. The van der Waals surface area contributed by atoms with Crippen molar-refractivity contribution in [2.24, 2.45) is 0 Å². The fourth-order valence-corrected chi connectivity index (χ4v) is 3.06. The number of esters is 1. The second-order valence-corrected chi connectivity index (χ2v) is 5.83. The molecule has 6 heteroatoms. The Labute approximate surface area is 151 Å². The molecule has 0 aliphatic rings. The number of nitrogens with zero attached hydrogens (tertiary/aromatic N) is 1. The number of carbonyl (C=O) groups excluding carboxylic acids is 1. The van der Waals surface area contributed by atoms with Crippen LogP contribution in [0.25, 0.3) is 10.9 Å². The Morgan fingerprint density at radius 3 is 2.62 bits per heavy atom. The summed E-state index contributed by atoms with van der Waals surface area (Å²) in [7, 11) is 2.96. The van der Waals surface area contributed by atoms with Crippen LogP contribution in [0.5, 0.6) is 17.2 Å². The first-order chi connectivity index (χ1) is 12.5. The van der Waals surface area contributed by atoms with Gasteiger partial charge in [-0.1, -0.05) is 6.07 Å². The molecule has 1 aromatic heterocycles. The van der Waals surface area contributed by atoms with Crippen LogP contribution in [-0.2, 0) is 11.3 Å². The third-order valence-corrected chi connectivity index (χ3v) is 4.32. The van der Waals surface area contributed by atoms with E-state index in [0.717, 1.165) is 17.0 Å². The van der Waals surface area contributed by atoms with Gasteiger partial charge in [-0.15, -0.1) is 0 Å². The van der Waals surface area contributed by atoms with Crippen molar-refractivity contribution in [1.82, 2.24) is 4.57 Å². The monoisotopic (exact) mass is 355 g/mol. The quantitative estimate of drug-likeness (QED) is 0.685. The van der Waals surface area contributed by atoms with Gasteiger partial charge in [-0.2, -0.15) is 0 Å². The van der Waals surface area contributed by atoms with E-state index < -0.39 is 5.97 Å². The van der Waals surface area contributed by atoms with Crippen LogP contribution in [0.2, 0.25) is 0 Å². The Balaban J connectivity index is 1.87. The number of aromatic hydroxyl groups is 1. The number of hydrogen-bond acceptors (Lipinski definition) is 5. The second-order valence-electron chi connectivity index (χ2n) is 5.83. The molecule has 0 aliphatic carbocycles. The maximum absolute atomic E-state index is 12.2. The van der Waals surface area contributed by atoms with Gasteiger partial charge in [-0.05, 0) is 37.3 Å². The minimum atomic E-state index is -0.425. The topological polar surface area (TPSA) is 69.9 Å². The molecule has 6 nitrogen and oxygen atoms in total. The molecule has 1 heterocycles. The zero-order chi connectivity index (χ0) is 18.7. The summed E-state index contributed by atoms with van der Waals surface area (Å²) in [5.41, 5.74) is 2.07. The van der Waals surface area contributed by atoms with E-state index in [2.05, 4.69) is 0 Å². The molecular weight excluding hydrogens is 334 g/mol. The lowest BCUT2D eigenvalue weighted by molar-refractivity contribution is 0.0601. The summed E-state index contributed by atoms with van der Waals surface area (Å²) in [5, 5.41) is 10.4. The SMILES string of the molecule is COC(=O)c1c(C)n(CCOc2cccc(OC)c2)c2ccc(O)cc12. The fourth-order valence-electron chi connectivity index (χ4n) is 3.06. The number of carbonyl (C=O) groups is 1. The van der Waals surface area contributed by atoms with Gasteiger partial charge in [0.25, 0.3) is 0 Å². The molecule has 0 spiro atoms. The highest BCUT2D eigenvalue weighted by Crippen LogP contribution is 2.29. The Morgan fingerprint density at radius 2 is 1.88 bits per heavy atom. The first-order valence-electron chi connectivity index (χ1n) is 8.22. The molecule has 136 valence electrons. The van der Waals surface area contributed by atoms with E-state index in [1.54, 1.807) is 25.3 Å². The van der Waals surface area contributed by atoms with E-state index >= 15 is 0 Å². The molecule has 0 saturated carbocycles. The number of rotatable bonds is 6. The summed E-state index contributed by atoms with van der Waals surface area (Å²) in [4.78, 5) is 12.2. The van der Waals surface area contributed by atoms with Gasteiger partial charge in [-0.3, -0.25) is 0 Å². The van der Waals surface area contributed by atoms with Crippen molar-refractivity contribution in [2.75, 3.05) is 20.8 Å². The third-order valence-electron chi connectivity index (χ3n) is 4.32. The van der Waals surface area contributed by atoms with Crippen LogP contribution >= 0.6 is 0 Å². The van der Waals surface area contributed by atoms with Gasteiger partial charge in [0.05, 0.1) is 26.3 Å². The molecule has 0 amide bonds. The number of ether oxygens (including phenoxy) is 3. The lowest BCUT2D eigenvalue weighted by Crippen LogP contribution is -2.11. The van der Waals surface area contributed by atoms with Crippen LogP contribution < -0.4 is 9.47 Å². The Bertz CT molecular complexity index is 945. The van der Waals surface area contributed by atoms with Gasteiger partial charge in [0, 0.05) is 22.7 Å². The predicted molar refractivity (Wildman–Crippen MR) is 98.2 cm³/mol. The predicted octanol–water partition coefficient (Wildman–Crippen LogP) is 3.53. The van der Waals surface area contributed by atoms with E-state index in [1.165, 1.54) is 7.11 Å². The molecule has 1 N–H and O–H groups in total. The largest absolute Gasteiger partial charge is 0.508 e. The van der Waals surface area contributed by atoms with Crippen molar-refractivity contribution in [1.29, 1.82) is 0 Å². The van der Waals surface area contributed by atoms with E-state index in [-0.39, 0.29) is 5.75 Å². The van der Waals surface area contributed by atoms with Gasteiger partial charge < -0.3 is 23.9 Å². The average molecular weight is 355 g/mol. The molecular formula is C20H21NO5. The summed E-state index contributed by atoms with van der Waals surface area (Å²) >= 11 is 0. The lowest BCUT2D eigenvalue weighted by Gasteiger charge is -2.11. The molecule has 0 radical (unpaired) electrons. The van der Waals surface area contributed by atoms with E-state index in [0.29, 0.717) is 29.9 Å². The number of phenolic OH excluding ortho intramolecular Hbond substituents is 1. The van der Waals surface area contributed by atoms with Crippen molar-refractivity contribution in [3.8, 4) is 17.2 Å². The van der Waals surface area contributed by atoms with Crippen LogP contribution in [0, 0.1) is 6.92 Å². The van der Waals surface area contributed by atoms with Crippen molar-refractivity contribution in [2.45, 2.75) is 13.5 Å². The minimum absolute atomic E-state index is 0.104. The number of hydrogen-bond donors (Lipinski definition) is 1. The molecule has 0 fully saturated rings. The van der Waals surface area contributed by atoms with Crippen LogP contribution in [0.1, 0.15) is 16.1 Å². The molecule has 3 aromatic rings. The van der Waals surface area contributed by atoms with E-state index in [1.807, 2.05) is 35.8 Å². The number of benzene rings is 2. The Kier molecular flexibility index (Phi) is 5.02. The van der Waals surface area contributed by atoms with Gasteiger partial charge in [0.1, 0.15) is 23.9 Å². The second kappa shape index (κ2) is 7.39. The normalized spacial score (nSPS) is 10.7. The number of aromatic nitrogens is 1. The molecule has 26 heavy (non-hydrogen) atoms. The lowest BCUT2D eigenvalue weighted by atomic mass is 10.1. The first kappa shape index (κ1) is 17.7. The molecule has 0 saturated heterocycles. The van der Waals surface area contributed by atoms with Crippen molar-refractivity contribution < 1.29 is 24.1 Å². The standard InChI is InChI=1S/C20H21NO5/c1-13-19(20(23)25-3)17-11-14(22)7-8-18(17)21(13)9-10-26-16-6-4-5-15(12-16)24-2/h4-8,11-12,22H,9-10H2,1-3H3. The average Bonchev–Trinajstić information content (AvgIpc) is 2.92. The number of fused-ring (bicyclic) bond motifs is 1. The van der Waals surface area contributed by atoms with Gasteiger partial charge in [0.15, 0.2) is 0 Å². The summed E-state index contributed by atoms with van der Waals surface area (Å²) in [6.07, 6.45) is 0. The van der Waals surface area contributed by atoms with Crippen LogP contribution in [0.3, 0.4) is 0 Å². The highest BCUT2D eigenvalue weighted by atomic mass is 16.5. The summed E-state index contributed by atoms with van der Waals surface area (Å²) in [6, 6.07) is 12.4.